The molecule has 1 heterocycles. The number of hydrogen-bond acceptors (Lipinski definition) is 3. The summed E-state index contributed by atoms with van der Waals surface area (Å²) in [4.78, 5) is 27.3. The number of nitrogens with zero attached hydrogens (tertiary/aromatic N) is 1. The number of halogens is 1. The van der Waals surface area contributed by atoms with Gasteiger partial charge in [0, 0.05) is 25.6 Å². The minimum Gasteiger partial charge on any atom is -0.344 e. The second kappa shape index (κ2) is 11.6. The van der Waals surface area contributed by atoms with Gasteiger partial charge in [-0.1, -0.05) is 48.5 Å². The molecule has 3 rings (SSSR count). The van der Waals surface area contributed by atoms with Crippen molar-refractivity contribution < 1.29 is 9.59 Å². The monoisotopic (exact) mass is 415 g/mol. The Kier molecular flexibility index (Phi) is 9.16. The number of carbonyl (C=O) groups excluding carboxylic acids is 2. The van der Waals surface area contributed by atoms with Gasteiger partial charge in [0.15, 0.2) is 0 Å². The Morgan fingerprint density at radius 2 is 1.76 bits per heavy atom. The molecule has 1 fully saturated rings. The third-order valence-electron chi connectivity index (χ3n) is 5.33. The van der Waals surface area contributed by atoms with E-state index in [9.17, 15) is 9.59 Å². The number of likely N-dealkylation sites (N-methyl/N-ethyl adjacent to an activating group) is 1. The van der Waals surface area contributed by atoms with Crippen molar-refractivity contribution in [1.82, 2.24) is 10.6 Å². The molecule has 1 unspecified atom stereocenters. The molecule has 2 atom stereocenters. The topological polar surface area (TPSA) is 61.4 Å². The summed E-state index contributed by atoms with van der Waals surface area (Å²) in [6.07, 6.45) is 2.92. The molecular weight excluding hydrogens is 386 g/mol. The van der Waals surface area contributed by atoms with Crippen molar-refractivity contribution in [3.63, 3.8) is 0 Å². The Bertz CT molecular complexity index is 764. The lowest BCUT2D eigenvalue weighted by molar-refractivity contribution is -0.127. The van der Waals surface area contributed by atoms with Crippen LogP contribution in [0.2, 0.25) is 0 Å². The van der Waals surface area contributed by atoms with Crippen LogP contribution in [0, 0.1) is 5.92 Å². The molecule has 2 N–H and O–H groups in total. The van der Waals surface area contributed by atoms with E-state index in [2.05, 4.69) is 10.6 Å². The number of rotatable bonds is 8. The molecule has 1 aliphatic heterocycles. The molecule has 1 aliphatic rings. The first kappa shape index (κ1) is 22.9. The lowest BCUT2D eigenvalue weighted by Crippen LogP contribution is -2.48. The number of para-hydroxylation sites is 1. The molecule has 29 heavy (non-hydrogen) atoms. The third-order valence-corrected chi connectivity index (χ3v) is 5.33. The van der Waals surface area contributed by atoms with E-state index < -0.39 is 6.04 Å². The summed E-state index contributed by atoms with van der Waals surface area (Å²) in [5.74, 6) is 0.398. The number of hydrogen-bond donors (Lipinski definition) is 2. The molecule has 1 saturated heterocycles. The molecule has 0 bridgehead atoms. The second-order valence-electron chi connectivity index (χ2n) is 7.44. The minimum absolute atomic E-state index is 0. The van der Waals surface area contributed by atoms with Crippen LogP contribution < -0.4 is 15.5 Å². The van der Waals surface area contributed by atoms with Gasteiger partial charge in [-0.3, -0.25) is 9.59 Å². The maximum absolute atomic E-state index is 13.1. The lowest BCUT2D eigenvalue weighted by Gasteiger charge is -2.25. The van der Waals surface area contributed by atoms with Gasteiger partial charge in [0.25, 0.3) is 0 Å². The van der Waals surface area contributed by atoms with E-state index in [1.54, 1.807) is 11.9 Å². The van der Waals surface area contributed by atoms with Crippen LogP contribution in [-0.4, -0.2) is 38.0 Å². The van der Waals surface area contributed by atoms with Crippen molar-refractivity contribution >= 4 is 29.9 Å². The van der Waals surface area contributed by atoms with Crippen LogP contribution in [-0.2, 0) is 16.0 Å². The van der Waals surface area contributed by atoms with E-state index >= 15 is 0 Å². The Labute approximate surface area is 179 Å². The van der Waals surface area contributed by atoms with Gasteiger partial charge in [0.05, 0.1) is 0 Å². The molecule has 2 amide bonds. The van der Waals surface area contributed by atoms with E-state index in [-0.39, 0.29) is 24.2 Å². The Hall–Kier alpha value is -2.37. The van der Waals surface area contributed by atoms with Gasteiger partial charge in [-0.2, -0.15) is 0 Å². The number of carbonyl (C=O) groups is 2. The van der Waals surface area contributed by atoms with Crippen LogP contribution in [0.5, 0.6) is 0 Å². The van der Waals surface area contributed by atoms with Gasteiger partial charge < -0.3 is 15.5 Å². The maximum atomic E-state index is 13.1. The zero-order valence-electron chi connectivity index (χ0n) is 16.8. The van der Waals surface area contributed by atoms with Gasteiger partial charge in [0.1, 0.15) is 6.04 Å². The standard InChI is InChI=1S/C23H29N3O2.ClH/c1-26(20-10-6-3-7-11-20)23(28)21(16-18-8-4-2-5-9-18)25-22(27)13-12-19-14-15-24-17-19;/h2-11,19,21,24H,12-17H2,1H3,(H,25,27);1H/t19?,21-;/m0./s1. The lowest BCUT2D eigenvalue weighted by atomic mass is 10.0. The molecule has 0 radical (unpaired) electrons. The average molecular weight is 416 g/mol. The van der Waals surface area contributed by atoms with Gasteiger partial charge in [-0.15, -0.1) is 12.4 Å². The van der Waals surface area contributed by atoms with Crippen molar-refractivity contribution in [2.45, 2.75) is 31.7 Å². The van der Waals surface area contributed by atoms with Gasteiger partial charge >= 0.3 is 0 Å². The highest BCUT2D eigenvalue weighted by molar-refractivity contribution is 5.99. The molecule has 0 spiro atoms. The van der Waals surface area contributed by atoms with Crippen LogP contribution in [0.4, 0.5) is 5.69 Å². The summed E-state index contributed by atoms with van der Waals surface area (Å²) < 4.78 is 0. The summed E-state index contributed by atoms with van der Waals surface area (Å²) >= 11 is 0. The van der Waals surface area contributed by atoms with Gasteiger partial charge in [0.2, 0.25) is 11.8 Å². The van der Waals surface area contributed by atoms with Crippen molar-refractivity contribution in [2.75, 3.05) is 25.0 Å². The van der Waals surface area contributed by atoms with E-state index in [1.165, 1.54) is 0 Å². The molecule has 5 nitrogen and oxygen atoms in total. The predicted molar refractivity (Wildman–Crippen MR) is 119 cm³/mol. The Morgan fingerprint density at radius 1 is 1.10 bits per heavy atom. The molecule has 2 aromatic rings. The predicted octanol–water partition coefficient (Wildman–Crippen LogP) is 3.19. The molecule has 156 valence electrons. The van der Waals surface area contributed by atoms with Crippen LogP contribution in [0.15, 0.2) is 60.7 Å². The summed E-state index contributed by atoms with van der Waals surface area (Å²) in [5.41, 5.74) is 1.85. The second-order valence-corrected chi connectivity index (χ2v) is 7.44. The SMILES string of the molecule is CN(C(=O)[C@H](Cc1ccccc1)NC(=O)CCC1CCNC1)c1ccccc1.Cl. The Morgan fingerprint density at radius 3 is 2.38 bits per heavy atom. The van der Waals surface area contributed by atoms with Crippen LogP contribution >= 0.6 is 12.4 Å². The summed E-state index contributed by atoms with van der Waals surface area (Å²) in [6.45, 7) is 2.01. The molecular formula is C23H30ClN3O2. The summed E-state index contributed by atoms with van der Waals surface area (Å²) in [5, 5.41) is 6.32. The van der Waals surface area contributed by atoms with Gasteiger partial charge in [-0.05, 0) is 49.5 Å². The zero-order valence-corrected chi connectivity index (χ0v) is 17.7. The van der Waals surface area contributed by atoms with E-state index in [0.717, 1.165) is 37.2 Å². The molecule has 0 aliphatic carbocycles. The molecule has 2 aromatic carbocycles. The quantitative estimate of drug-likeness (QED) is 0.696. The van der Waals surface area contributed by atoms with Crippen molar-refractivity contribution in [3.05, 3.63) is 66.2 Å². The zero-order chi connectivity index (χ0) is 19.8. The largest absolute Gasteiger partial charge is 0.344 e. The van der Waals surface area contributed by atoms with Crippen LogP contribution in [0.1, 0.15) is 24.8 Å². The number of amides is 2. The first-order chi connectivity index (χ1) is 13.6. The van der Waals surface area contributed by atoms with E-state index in [0.29, 0.717) is 18.8 Å². The number of benzene rings is 2. The fourth-order valence-electron chi connectivity index (χ4n) is 3.63. The van der Waals surface area contributed by atoms with Crippen molar-refractivity contribution in [3.8, 4) is 0 Å². The average Bonchev–Trinajstić information content (AvgIpc) is 3.26. The number of nitrogens with one attached hydrogen (secondary N) is 2. The van der Waals surface area contributed by atoms with Crippen molar-refractivity contribution in [2.24, 2.45) is 5.92 Å². The minimum atomic E-state index is -0.582. The third kappa shape index (κ3) is 6.87. The normalized spacial score (nSPS) is 16.5. The fourth-order valence-corrected chi connectivity index (χ4v) is 3.63. The summed E-state index contributed by atoms with van der Waals surface area (Å²) in [6, 6.07) is 18.8. The highest BCUT2D eigenvalue weighted by atomic mass is 35.5. The first-order valence-electron chi connectivity index (χ1n) is 10.00. The highest BCUT2D eigenvalue weighted by Gasteiger charge is 2.25. The summed E-state index contributed by atoms with van der Waals surface area (Å²) in [7, 11) is 1.76. The van der Waals surface area contributed by atoms with E-state index in [4.69, 9.17) is 0 Å². The van der Waals surface area contributed by atoms with Gasteiger partial charge in [-0.25, -0.2) is 0 Å². The van der Waals surface area contributed by atoms with Crippen LogP contribution in [0.3, 0.4) is 0 Å². The smallest absolute Gasteiger partial charge is 0.249 e. The van der Waals surface area contributed by atoms with Crippen molar-refractivity contribution in [1.29, 1.82) is 0 Å². The fraction of sp³-hybridized carbons (Fsp3) is 0.391. The van der Waals surface area contributed by atoms with Crippen LogP contribution in [0.25, 0.3) is 0 Å². The highest BCUT2D eigenvalue weighted by Crippen LogP contribution is 2.16. The maximum Gasteiger partial charge on any atom is 0.249 e. The molecule has 0 aromatic heterocycles. The molecule has 6 heteroatoms. The molecule has 0 saturated carbocycles. The Balaban J connectivity index is 0.00000300. The van der Waals surface area contributed by atoms with E-state index in [1.807, 2.05) is 60.7 Å². The number of anilines is 1. The first-order valence-corrected chi connectivity index (χ1v) is 10.00.